The highest BCUT2D eigenvalue weighted by Gasteiger charge is 2.22. The molecule has 1 saturated heterocycles. The third kappa shape index (κ3) is 7.63. The van der Waals surface area contributed by atoms with Gasteiger partial charge in [0, 0.05) is 62.8 Å². The van der Waals surface area contributed by atoms with Crippen molar-refractivity contribution >= 4 is 23.3 Å². The number of carbonyl (C=O) groups is 2. The molecule has 1 aromatic heterocycles. The SMILES string of the molecule is CC(C)(C)CCNC(=O)c1ccc(OC(=O)N2CCN(CCc3nccs3)CC2)cc1. The van der Waals surface area contributed by atoms with E-state index in [1.807, 2.05) is 11.6 Å². The molecule has 1 fully saturated rings. The summed E-state index contributed by atoms with van der Waals surface area (Å²) in [7, 11) is 0. The van der Waals surface area contributed by atoms with Crippen molar-refractivity contribution in [2.45, 2.75) is 33.6 Å². The highest BCUT2D eigenvalue weighted by molar-refractivity contribution is 7.09. The lowest BCUT2D eigenvalue weighted by molar-refractivity contribution is 0.0949. The maximum atomic E-state index is 12.5. The second kappa shape index (κ2) is 10.7. The smallest absolute Gasteiger partial charge is 0.410 e. The molecule has 7 nitrogen and oxygen atoms in total. The second-order valence-corrected chi connectivity index (χ2v) is 9.94. The van der Waals surface area contributed by atoms with Gasteiger partial charge in [-0.2, -0.15) is 0 Å². The Balaban J connectivity index is 1.40. The summed E-state index contributed by atoms with van der Waals surface area (Å²) in [5, 5.41) is 6.07. The largest absolute Gasteiger partial charge is 0.415 e. The van der Waals surface area contributed by atoms with Crippen LogP contribution in [-0.2, 0) is 6.42 Å². The number of piperazine rings is 1. The molecule has 1 aromatic carbocycles. The van der Waals surface area contributed by atoms with Gasteiger partial charge >= 0.3 is 6.09 Å². The summed E-state index contributed by atoms with van der Waals surface area (Å²) < 4.78 is 5.50. The summed E-state index contributed by atoms with van der Waals surface area (Å²) in [4.78, 5) is 33.1. The number of nitrogens with one attached hydrogen (secondary N) is 1. The van der Waals surface area contributed by atoms with E-state index in [4.69, 9.17) is 4.74 Å². The lowest BCUT2D eigenvalue weighted by atomic mass is 9.92. The second-order valence-electron chi connectivity index (χ2n) is 8.96. The number of carbonyl (C=O) groups excluding carboxylic acids is 2. The van der Waals surface area contributed by atoms with Crippen molar-refractivity contribution in [1.82, 2.24) is 20.1 Å². The highest BCUT2D eigenvalue weighted by atomic mass is 32.1. The standard InChI is InChI=1S/C23H32N4O3S/c1-23(2,3)9-10-25-21(28)18-4-6-19(7-5-18)30-22(29)27-15-13-26(14-16-27)12-8-20-24-11-17-31-20/h4-7,11,17H,8-10,12-16H2,1-3H3,(H,25,28). The van der Waals surface area contributed by atoms with E-state index in [9.17, 15) is 9.59 Å². The third-order valence-corrected chi connectivity index (χ3v) is 6.08. The number of rotatable bonds is 7. The van der Waals surface area contributed by atoms with Crippen LogP contribution in [0.3, 0.4) is 0 Å². The zero-order valence-electron chi connectivity index (χ0n) is 18.6. The van der Waals surface area contributed by atoms with Crippen LogP contribution in [-0.4, -0.2) is 66.1 Å². The zero-order chi connectivity index (χ0) is 22.3. The van der Waals surface area contributed by atoms with E-state index < -0.39 is 0 Å². The van der Waals surface area contributed by atoms with Crippen LogP contribution in [0, 0.1) is 5.41 Å². The van der Waals surface area contributed by atoms with E-state index in [-0.39, 0.29) is 17.4 Å². The normalized spacial score (nSPS) is 15.0. The van der Waals surface area contributed by atoms with E-state index in [0.29, 0.717) is 30.9 Å². The molecule has 2 heterocycles. The minimum Gasteiger partial charge on any atom is -0.410 e. The summed E-state index contributed by atoms with van der Waals surface area (Å²) in [5.41, 5.74) is 0.737. The summed E-state index contributed by atoms with van der Waals surface area (Å²) in [6.45, 7) is 11.0. The van der Waals surface area contributed by atoms with Gasteiger partial charge in [0.2, 0.25) is 0 Å². The summed E-state index contributed by atoms with van der Waals surface area (Å²) >= 11 is 1.68. The molecule has 1 aliphatic rings. The minimum absolute atomic E-state index is 0.115. The van der Waals surface area contributed by atoms with Crippen molar-refractivity contribution in [3.8, 4) is 5.75 Å². The summed E-state index contributed by atoms with van der Waals surface area (Å²) in [6.07, 6.45) is 3.34. The van der Waals surface area contributed by atoms with E-state index in [1.54, 1.807) is 40.5 Å². The van der Waals surface area contributed by atoms with Crippen molar-refractivity contribution in [2.24, 2.45) is 5.41 Å². The fourth-order valence-electron chi connectivity index (χ4n) is 3.28. The molecule has 1 aliphatic heterocycles. The maximum absolute atomic E-state index is 12.5. The Morgan fingerprint density at radius 2 is 1.84 bits per heavy atom. The lowest BCUT2D eigenvalue weighted by Gasteiger charge is -2.33. The molecule has 168 valence electrons. The van der Waals surface area contributed by atoms with Gasteiger partial charge in [-0.05, 0) is 36.1 Å². The summed E-state index contributed by atoms with van der Waals surface area (Å²) in [6, 6.07) is 6.71. The van der Waals surface area contributed by atoms with Crippen LogP contribution in [0.25, 0.3) is 0 Å². The van der Waals surface area contributed by atoms with E-state index in [1.165, 1.54) is 0 Å². The fraction of sp³-hybridized carbons (Fsp3) is 0.522. The predicted octanol–water partition coefficient (Wildman–Crippen LogP) is 3.67. The first-order valence-electron chi connectivity index (χ1n) is 10.8. The first-order chi connectivity index (χ1) is 14.8. The molecule has 0 unspecified atom stereocenters. The third-order valence-electron chi connectivity index (χ3n) is 5.24. The van der Waals surface area contributed by atoms with Gasteiger partial charge in [-0.1, -0.05) is 20.8 Å². The van der Waals surface area contributed by atoms with Gasteiger partial charge in [-0.3, -0.25) is 9.69 Å². The Morgan fingerprint density at radius 1 is 1.13 bits per heavy atom. The van der Waals surface area contributed by atoms with Crippen LogP contribution in [0.1, 0.15) is 42.6 Å². The highest BCUT2D eigenvalue weighted by Crippen LogP contribution is 2.18. The fourth-order valence-corrected chi connectivity index (χ4v) is 3.89. The van der Waals surface area contributed by atoms with E-state index in [0.717, 1.165) is 37.5 Å². The Bertz CT molecular complexity index is 839. The number of nitrogens with zero attached hydrogens (tertiary/aromatic N) is 3. The van der Waals surface area contributed by atoms with Crippen LogP contribution in [0.5, 0.6) is 5.75 Å². The van der Waals surface area contributed by atoms with Gasteiger partial charge in [0.1, 0.15) is 5.75 Å². The lowest BCUT2D eigenvalue weighted by Crippen LogP contribution is -2.49. The van der Waals surface area contributed by atoms with E-state index >= 15 is 0 Å². The molecule has 0 spiro atoms. The van der Waals surface area contributed by atoms with Crippen LogP contribution >= 0.6 is 11.3 Å². The van der Waals surface area contributed by atoms with Gasteiger partial charge < -0.3 is 15.0 Å². The van der Waals surface area contributed by atoms with Gasteiger partial charge in [0.15, 0.2) is 0 Å². The van der Waals surface area contributed by atoms with Crippen molar-refractivity contribution < 1.29 is 14.3 Å². The van der Waals surface area contributed by atoms with Crippen molar-refractivity contribution in [1.29, 1.82) is 0 Å². The van der Waals surface area contributed by atoms with Crippen molar-refractivity contribution in [2.75, 3.05) is 39.3 Å². The Kier molecular flexibility index (Phi) is 8.03. The van der Waals surface area contributed by atoms with Crippen LogP contribution in [0.15, 0.2) is 35.8 Å². The monoisotopic (exact) mass is 444 g/mol. The minimum atomic E-state index is -0.345. The van der Waals surface area contributed by atoms with E-state index in [2.05, 4.69) is 36.0 Å². The maximum Gasteiger partial charge on any atom is 0.415 e. The topological polar surface area (TPSA) is 74.8 Å². The molecular weight excluding hydrogens is 412 g/mol. The molecule has 1 N–H and O–H groups in total. The quantitative estimate of drug-likeness (QED) is 0.705. The molecule has 0 saturated carbocycles. The van der Waals surface area contributed by atoms with Crippen LogP contribution < -0.4 is 10.1 Å². The van der Waals surface area contributed by atoms with Crippen molar-refractivity contribution in [3.05, 3.63) is 46.4 Å². The molecule has 0 bridgehead atoms. The van der Waals surface area contributed by atoms with Gasteiger partial charge in [0.25, 0.3) is 5.91 Å². The number of amides is 2. The average molecular weight is 445 g/mol. The van der Waals surface area contributed by atoms with Crippen LogP contribution in [0.4, 0.5) is 4.79 Å². The van der Waals surface area contributed by atoms with Crippen LogP contribution in [0.2, 0.25) is 0 Å². The molecule has 8 heteroatoms. The number of benzene rings is 1. The first-order valence-corrected chi connectivity index (χ1v) is 11.6. The molecule has 2 amide bonds. The number of aromatic nitrogens is 1. The number of hydrogen-bond acceptors (Lipinski definition) is 6. The average Bonchev–Trinajstić information content (AvgIpc) is 3.26. The zero-order valence-corrected chi connectivity index (χ0v) is 19.4. The number of hydrogen-bond donors (Lipinski definition) is 1. The molecular formula is C23H32N4O3S. The first kappa shape index (κ1) is 23.2. The Hall–Kier alpha value is -2.45. The molecule has 31 heavy (non-hydrogen) atoms. The molecule has 0 atom stereocenters. The predicted molar refractivity (Wildman–Crippen MR) is 123 cm³/mol. The summed E-state index contributed by atoms with van der Waals surface area (Å²) in [5.74, 6) is 0.332. The van der Waals surface area contributed by atoms with Crippen molar-refractivity contribution in [3.63, 3.8) is 0 Å². The molecule has 3 rings (SSSR count). The number of ether oxygens (including phenoxy) is 1. The number of thiazole rings is 1. The van der Waals surface area contributed by atoms with Gasteiger partial charge in [0.05, 0.1) is 5.01 Å². The molecule has 0 aliphatic carbocycles. The van der Waals surface area contributed by atoms with Gasteiger partial charge in [-0.25, -0.2) is 9.78 Å². The molecule has 2 aromatic rings. The Morgan fingerprint density at radius 3 is 2.45 bits per heavy atom. The Labute approximate surface area is 188 Å². The molecule has 0 radical (unpaired) electrons. The van der Waals surface area contributed by atoms with Gasteiger partial charge in [-0.15, -0.1) is 11.3 Å².